The molecule has 3 atom stereocenters. The van der Waals surface area contributed by atoms with Crippen LogP contribution >= 0.6 is 11.6 Å². The summed E-state index contributed by atoms with van der Waals surface area (Å²) in [7, 11) is 0. The molecule has 0 radical (unpaired) electrons. The first kappa shape index (κ1) is 22.0. The van der Waals surface area contributed by atoms with Crippen LogP contribution < -0.4 is 5.73 Å². The summed E-state index contributed by atoms with van der Waals surface area (Å²) in [5.74, 6) is -0.432. The average molecular weight is 465 g/mol. The molecular formula is C27H29ClN2O3. The molecule has 2 saturated carbocycles. The summed E-state index contributed by atoms with van der Waals surface area (Å²) in [6, 6.07) is 15.3. The summed E-state index contributed by atoms with van der Waals surface area (Å²) in [6.07, 6.45) is 4.01. The molecule has 6 rings (SSSR count). The summed E-state index contributed by atoms with van der Waals surface area (Å²) >= 11 is 6.10. The number of carbonyl (C=O) groups is 2. The number of carbonyl (C=O) groups excluding carboxylic acids is 1. The van der Waals surface area contributed by atoms with E-state index >= 15 is 0 Å². The molecule has 172 valence electrons. The monoisotopic (exact) mass is 464 g/mol. The Bertz CT molecular complexity index is 1100. The number of nitrogens with two attached hydrogens (primary N) is 1. The number of allylic oxidation sites excluding steroid dienone is 1. The third-order valence-corrected chi connectivity index (χ3v) is 8.27. The first-order valence-electron chi connectivity index (χ1n) is 11.6. The first-order valence-corrected chi connectivity index (χ1v) is 12.0. The minimum Gasteiger partial charge on any atom is -0.481 e. The maximum Gasteiger partial charge on any atom is 0.309 e. The number of amides is 1. The van der Waals surface area contributed by atoms with Crippen molar-refractivity contribution in [1.29, 1.82) is 0 Å². The van der Waals surface area contributed by atoms with Crippen LogP contribution in [0.15, 0.2) is 55.1 Å². The maximum atomic E-state index is 13.8. The lowest BCUT2D eigenvalue weighted by Crippen LogP contribution is -2.65. The van der Waals surface area contributed by atoms with Crippen LogP contribution in [-0.4, -0.2) is 34.0 Å². The Morgan fingerprint density at radius 1 is 1.12 bits per heavy atom. The van der Waals surface area contributed by atoms with Crippen molar-refractivity contribution in [3.63, 3.8) is 0 Å². The fourth-order valence-corrected chi connectivity index (χ4v) is 6.90. The van der Waals surface area contributed by atoms with Crippen LogP contribution in [0.5, 0.6) is 0 Å². The van der Waals surface area contributed by atoms with Crippen LogP contribution in [0.1, 0.15) is 55.6 Å². The first-order chi connectivity index (χ1) is 15.8. The van der Waals surface area contributed by atoms with E-state index < -0.39 is 11.4 Å². The van der Waals surface area contributed by atoms with E-state index in [0.29, 0.717) is 29.5 Å². The highest BCUT2D eigenvalue weighted by molar-refractivity contribution is 6.31. The summed E-state index contributed by atoms with van der Waals surface area (Å²) in [4.78, 5) is 27.8. The van der Waals surface area contributed by atoms with Crippen molar-refractivity contribution in [1.82, 2.24) is 4.90 Å². The average Bonchev–Trinajstić information content (AvgIpc) is 2.77. The van der Waals surface area contributed by atoms with Crippen LogP contribution in [0.3, 0.4) is 0 Å². The topological polar surface area (TPSA) is 83.6 Å². The van der Waals surface area contributed by atoms with Gasteiger partial charge in [-0.05, 0) is 61.3 Å². The van der Waals surface area contributed by atoms with Gasteiger partial charge in [-0.25, -0.2) is 0 Å². The van der Waals surface area contributed by atoms with Crippen molar-refractivity contribution in [3.8, 4) is 0 Å². The van der Waals surface area contributed by atoms with Crippen LogP contribution in [-0.2, 0) is 9.59 Å². The summed E-state index contributed by atoms with van der Waals surface area (Å²) in [5, 5.41) is 10.5. The van der Waals surface area contributed by atoms with Gasteiger partial charge in [0.15, 0.2) is 0 Å². The molecule has 5 nitrogen and oxygen atoms in total. The Morgan fingerprint density at radius 3 is 2.39 bits per heavy atom. The van der Waals surface area contributed by atoms with Crippen molar-refractivity contribution in [2.45, 2.75) is 56.5 Å². The number of piperidine rings is 2. The van der Waals surface area contributed by atoms with E-state index in [1.54, 1.807) is 12.1 Å². The summed E-state index contributed by atoms with van der Waals surface area (Å²) < 4.78 is 0. The molecule has 1 amide bonds. The van der Waals surface area contributed by atoms with Crippen molar-refractivity contribution >= 4 is 34.7 Å². The number of rotatable bonds is 6. The second kappa shape index (κ2) is 8.21. The van der Waals surface area contributed by atoms with Crippen LogP contribution in [0, 0.1) is 11.3 Å². The largest absolute Gasteiger partial charge is 0.481 e. The molecule has 4 fully saturated rings. The SMILES string of the molecule is C=C(c1ccc(Cl)cc1N)C(CC(=O)N1C2CC3CC1CC(C(=O)O)(C3)C2)c1ccccc1. The van der Waals surface area contributed by atoms with E-state index in [1.807, 2.05) is 41.3 Å². The lowest BCUT2D eigenvalue weighted by Gasteiger charge is -2.60. The van der Waals surface area contributed by atoms with Gasteiger partial charge in [-0.15, -0.1) is 0 Å². The molecule has 33 heavy (non-hydrogen) atoms. The quantitative estimate of drug-likeness (QED) is 0.564. The zero-order valence-electron chi connectivity index (χ0n) is 18.5. The number of aliphatic carboxylic acids is 1. The smallest absolute Gasteiger partial charge is 0.309 e. The van der Waals surface area contributed by atoms with Crippen LogP contribution in [0.25, 0.3) is 5.57 Å². The normalized spacial score (nSPS) is 28.5. The number of nitrogens with zero attached hydrogens (tertiary/aromatic N) is 1. The van der Waals surface area contributed by atoms with E-state index in [1.165, 1.54) is 0 Å². The van der Waals surface area contributed by atoms with Crippen molar-refractivity contribution in [2.24, 2.45) is 11.3 Å². The number of nitrogen functional groups attached to an aromatic ring is 1. The molecule has 2 saturated heterocycles. The minimum absolute atomic E-state index is 0.0186. The summed E-state index contributed by atoms with van der Waals surface area (Å²) in [6.45, 7) is 4.34. The predicted octanol–water partition coefficient (Wildman–Crippen LogP) is 5.35. The van der Waals surface area contributed by atoms with Crippen molar-refractivity contribution in [3.05, 3.63) is 71.3 Å². The molecule has 4 bridgehead atoms. The molecule has 4 aliphatic rings. The van der Waals surface area contributed by atoms with Gasteiger partial charge in [0.25, 0.3) is 0 Å². The molecule has 0 spiro atoms. The third kappa shape index (κ3) is 3.82. The number of carboxylic acids is 1. The molecule has 2 aromatic rings. The molecule has 6 heteroatoms. The Labute approximate surface area is 199 Å². The number of hydrogen-bond acceptors (Lipinski definition) is 3. The Balaban J connectivity index is 1.43. The van der Waals surface area contributed by atoms with E-state index in [0.717, 1.165) is 36.0 Å². The lowest BCUT2D eigenvalue weighted by atomic mass is 9.55. The van der Waals surface area contributed by atoms with Crippen LogP contribution in [0.4, 0.5) is 5.69 Å². The number of halogens is 1. The fourth-order valence-electron chi connectivity index (χ4n) is 6.72. The number of benzene rings is 2. The number of carboxylic acid groups (broad SMARTS) is 1. The second-order valence-corrected chi connectivity index (χ2v) is 10.5. The second-order valence-electron chi connectivity index (χ2n) is 10.1. The Morgan fingerprint density at radius 2 is 1.79 bits per heavy atom. The zero-order chi connectivity index (χ0) is 23.3. The third-order valence-electron chi connectivity index (χ3n) is 8.03. The number of anilines is 1. The molecule has 2 heterocycles. The lowest BCUT2D eigenvalue weighted by molar-refractivity contribution is -0.178. The molecule has 0 aromatic heterocycles. The van der Waals surface area contributed by atoms with E-state index in [4.69, 9.17) is 17.3 Å². The van der Waals surface area contributed by atoms with Crippen molar-refractivity contribution in [2.75, 3.05) is 5.73 Å². The highest BCUT2D eigenvalue weighted by Gasteiger charge is 2.59. The zero-order valence-corrected chi connectivity index (χ0v) is 19.3. The Hall–Kier alpha value is -2.79. The van der Waals surface area contributed by atoms with Crippen LogP contribution in [0.2, 0.25) is 5.02 Å². The van der Waals surface area contributed by atoms with Gasteiger partial charge in [0.05, 0.1) is 5.41 Å². The molecule has 2 aromatic carbocycles. The summed E-state index contributed by atoms with van der Waals surface area (Å²) in [5.41, 5.74) is 8.75. The van der Waals surface area contributed by atoms with Gasteiger partial charge in [-0.2, -0.15) is 0 Å². The molecular weight excluding hydrogens is 436 g/mol. The van der Waals surface area contributed by atoms with Gasteiger partial charge in [0, 0.05) is 40.7 Å². The van der Waals surface area contributed by atoms with Gasteiger partial charge in [-0.1, -0.05) is 54.6 Å². The number of hydrogen-bond donors (Lipinski definition) is 2. The molecule has 2 aliphatic carbocycles. The predicted molar refractivity (Wildman–Crippen MR) is 130 cm³/mol. The van der Waals surface area contributed by atoms with Gasteiger partial charge in [0.1, 0.15) is 0 Å². The molecule has 3 N–H and O–H groups in total. The standard InChI is InChI=1S/C27H29ClN2O3/c1-16(22-8-7-19(28)11-24(22)29)23(18-5-3-2-4-6-18)12-25(31)30-20-9-17-10-21(30)15-27(13-17,14-20)26(32)33/h2-8,11,17,20-21,23H,1,9-10,12-15,29H2,(H,32,33). The highest BCUT2D eigenvalue weighted by atomic mass is 35.5. The van der Waals surface area contributed by atoms with E-state index in [2.05, 4.69) is 6.58 Å². The highest BCUT2D eigenvalue weighted by Crippen LogP contribution is 2.56. The fraction of sp³-hybridized carbons (Fsp3) is 0.407. The molecule has 3 unspecified atom stereocenters. The van der Waals surface area contributed by atoms with Gasteiger partial charge < -0.3 is 15.7 Å². The molecule has 2 aliphatic heterocycles. The van der Waals surface area contributed by atoms with Gasteiger partial charge >= 0.3 is 5.97 Å². The maximum absolute atomic E-state index is 13.8. The van der Waals surface area contributed by atoms with E-state index in [9.17, 15) is 14.7 Å². The Kier molecular flexibility index (Phi) is 5.48. The van der Waals surface area contributed by atoms with Gasteiger partial charge in [-0.3, -0.25) is 9.59 Å². The van der Waals surface area contributed by atoms with Gasteiger partial charge in [0.2, 0.25) is 5.91 Å². The minimum atomic E-state index is -0.692. The van der Waals surface area contributed by atoms with E-state index in [-0.39, 0.29) is 30.3 Å². The van der Waals surface area contributed by atoms with Crippen molar-refractivity contribution < 1.29 is 14.7 Å².